The molecule has 0 amide bonds. The minimum atomic E-state index is -0.659. The lowest BCUT2D eigenvalue weighted by atomic mass is 9.78. The summed E-state index contributed by atoms with van der Waals surface area (Å²) in [6, 6.07) is 50.4. The number of anilines is 8. The van der Waals surface area contributed by atoms with Gasteiger partial charge >= 0.3 is 0 Å². The highest BCUT2D eigenvalue weighted by molar-refractivity contribution is 5.87. The van der Waals surface area contributed by atoms with Crippen LogP contribution in [0.15, 0.2) is 220 Å². The molecule has 36 nitrogen and oxygen atoms in total. The van der Waals surface area contributed by atoms with E-state index in [9.17, 15) is 10.4 Å². The van der Waals surface area contributed by atoms with Crippen molar-refractivity contribution >= 4 is 89.6 Å². The van der Waals surface area contributed by atoms with E-state index in [1.807, 2.05) is 183 Å². The molecule has 736 valence electrons. The molecule has 4 fully saturated rings. The summed E-state index contributed by atoms with van der Waals surface area (Å²) in [7, 11) is 21.1. The summed E-state index contributed by atoms with van der Waals surface area (Å²) in [6.07, 6.45) is 22.3. The first-order chi connectivity index (χ1) is 69.0. The van der Waals surface area contributed by atoms with Crippen LogP contribution in [0, 0.1) is 22.7 Å². The first-order valence-electron chi connectivity index (χ1n) is 47.4. The number of aliphatic hydroxyl groups is 1. The number of aromatic nitrogens is 16. The van der Waals surface area contributed by atoms with E-state index in [4.69, 9.17) is 68.3 Å². The Bertz CT molecular complexity index is 6980. The van der Waals surface area contributed by atoms with Crippen molar-refractivity contribution in [1.82, 2.24) is 98.6 Å². The number of nitrogens with zero attached hydrogens (tertiary/aromatic N) is 25. The van der Waals surface area contributed by atoms with Gasteiger partial charge in [-0.2, -0.15) is 25.7 Å². The Morgan fingerprint density at radius 2 is 0.739 bits per heavy atom. The molecule has 4 saturated heterocycles. The van der Waals surface area contributed by atoms with Gasteiger partial charge in [-0.15, -0.1) is 0 Å². The molecule has 0 bridgehead atoms. The van der Waals surface area contributed by atoms with E-state index in [0.29, 0.717) is 61.1 Å². The summed E-state index contributed by atoms with van der Waals surface area (Å²) in [5.74, 6) is 5.77. The van der Waals surface area contributed by atoms with E-state index in [2.05, 4.69) is 138 Å². The number of piperazine rings is 1. The van der Waals surface area contributed by atoms with Crippen molar-refractivity contribution in [2.75, 3.05) is 201 Å². The second kappa shape index (κ2) is 44.9. The SMILES string of the molecule is COc1cc(OC)cc(N(CCN)c2ccc3ncc(-c4cnn(C(C)C)c4)nc3c2)c1.COc1cc(OC)cc(N(CCN2CC3(COC3)C2)c2ccc3ncc(-c4cnn(C)c4)nc3c2)c1.COc1cc(OC)cc(N(CCN2CCN(C)CC2)c2ccc3ncc(-c4cnn(C)c4)nc3c2)c1.COc1cc(OC)cc(N(C[C@@H](O)CN2CC[C@H](C#N)C2)c2ccc3ncc(-c4cnn(C)c4)nc3c2)c1. The molecular formula is C106H122N26O10. The molecule has 0 unspecified atom stereocenters. The minimum absolute atomic E-state index is 0.0222. The fourth-order valence-electron chi connectivity index (χ4n) is 18.0. The molecule has 0 aliphatic carbocycles. The Balaban J connectivity index is 0.000000130. The predicted octanol–water partition coefficient (Wildman–Crippen LogP) is 14.5. The van der Waals surface area contributed by atoms with Gasteiger partial charge in [0.25, 0.3) is 0 Å². The fraction of sp³-hybridized carbons (Fsp3) is 0.349. The van der Waals surface area contributed by atoms with Gasteiger partial charge in [0.2, 0.25) is 0 Å². The number of rotatable bonds is 33. The van der Waals surface area contributed by atoms with Crippen LogP contribution in [0.1, 0.15) is 26.3 Å². The average molecular weight is 1920 g/mol. The average Bonchev–Trinajstić information content (AvgIpc) is 0.910. The minimum Gasteiger partial charge on any atom is -0.497 e. The highest BCUT2D eigenvalue weighted by Gasteiger charge is 2.48. The summed E-state index contributed by atoms with van der Waals surface area (Å²) in [5.41, 5.74) is 27.3. The smallest absolute Gasteiger partial charge is 0.124 e. The third kappa shape index (κ3) is 23.6. The molecule has 8 aromatic heterocycles. The van der Waals surface area contributed by atoms with Crippen LogP contribution in [0.25, 0.3) is 89.2 Å². The van der Waals surface area contributed by atoms with Crippen LogP contribution in [-0.4, -0.2) is 292 Å². The number of fused-ring (bicyclic) bond motifs is 4. The normalized spacial score (nSPS) is 14.8. The summed E-state index contributed by atoms with van der Waals surface area (Å²) in [4.78, 5) is 56.3. The van der Waals surface area contributed by atoms with E-state index in [-0.39, 0.29) is 12.0 Å². The van der Waals surface area contributed by atoms with Crippen molar-refractivity contribution < 1.29 is 47.7 Å². The van der Waals surface area contributed by atoms with Crippen LogP contribution >= 0.6 is 0 Å². The number of benzene rings is 8. The highest BCUT2D eigenvalue weighted by Crippen LogP contribution is 2.43. The molecule has 0 saturated carbocycles. The van der Waals surface area contributed by atoms with E-state index >= 15 is 0 Å². The number of likely N-dealkylation sites (N-methyl/N-ethyl adjacent to an activating group) is 1. The zero-order valence-electron chi connectivity index (χ0n) is 82.8. The zero-order chi connectivity index (χ0) is 99.1. The van der Waals surface area contributed by atoms with Gasteiger partial charge in [-0.25, -0.2) is 19.9 Å². The van der Waals surface area contributed by atoms with Gasteiger partial charge in [-0.3, -0.25) is 48.5 Å². The van der Waals surface area contributed by atoms with Crippen molar-refractivity contribution in [2.24, 2.45) is 38.2 Å². The van der Waals surface area contributed by atoms with Crippen LogP contribution < -0.4 is 63.2 Å². The molecule has 16 aromatic rings. The van der Waals surface area contributed by atoms with Gasteiger partial charge in [0, 0.05) is 290 Å². The Kier molecular flexibility index (Phi) is 31.1. The number of hydrogen-bond donors (Lipinski definition) is 2. The summed E-state index contributed by atoms with van der Waals surface area (Å²) < 4.78 is 56.8. The Hall–Kier alpha value is -15.2. The Morgan fingerprint density at radius 3 is 1.05 bits per heavy atom. The summed E-state index contributed by atoms with van der Waals surface area (Å²) in [6.45, 7) is 19.4. The Labute approximate surface area is 825 Å². The second-order valence-corrected chi connectivity index (χ2v) is 36.2. The van der Waals surface area contributed by atoms with Crippen LogP contribution in [0.3, 0.4) is 0 Å². The van der Waals surface area contributed by atoms with Gasteiger partial charge in [0.15, 0.2) is 0 Å². The second-order valence-electron chi connectivity index (χ2n) is 36.2. The third-order valence-electron chi connectivity index (χ3n) is 25.8. The number of ether oxygens (including phenoxy) is 9. The standard InChI is InChI=1S/C28H31N7O3.C27H33N7O2.C27H30N6O3.C24H28N6O2/c1-33-16-20(13-31-33)28-14-30-26-5-4-21(10-27(26)32-28)35(22-8-24(37-2)11-25(9-22)38-3)18-23(36)17-34-7-6-19(12-29)15-34;1-31-7-9-33(10-8-31)11-12-34(22-13-23(35-3)16-24(14-22)36-4)21-5-6-25-26(15-21)30-27(18-28-25)20-17-29-32(2)19-20;1-31-14-19(12-29-31)26-13-28-24-5-4-20(10-25(24)30-26)33(7-6-32-15-27(16-32)17-36-18-27)21-8-22(34-2)11-23(9-21)35-3;1-16(2)30-15-17(13-27-30)24-14-26-22-6-5-18(11-23(22)28-24)29(8-7-25)19-9-20(31-3)12-21(10-19)32-4/h4-5,8-11,13-14,16,19,23,36H,6-7,15,17-18H2,1-3H3;5-6,13-19H,7-12H2,1-4H3;4-5,8-14H,6-7,15-18H2,1-3H3;5-6,9-16H,7-8,25H2,1-4H3/t19-,23+;;;/m1.../s1. The van der Waals surface area contributed by atoms with E-state index in [1.54, 1.807) is 102 Å². The first kappa shape index (κ1) is 98.4. The lowest BCUT2D eigenvalue weighted by Crippen LogP contribution is -2.66. The fourth-order valence-corrected chi connectivity index (χ4v) is 18.0. The van der Waals surface area contributed by atoms with Gasteiger partial charge in [-0.1, -0.05) is 0 Å². The number of nitriles is 1. The van der Waals surface area contributed by atoms with Crippen molar-refractivity contribution in [2.45, 2.75) is 32.4 Å². The number of β-amino-alcohol motifs (C(OH)–C–C–N with tert-alkyl or cyclic N) is 1. The molecule has 4 aliphatic rings. The Morgan fingerprint density at radius 1 is 0.401 bits per heavy atom. The number of aryl methyl sites for hydroxylation is 3. The van der Waals surface area contributed by atoms with Crippen LogP contribution in [0.2, 0.25) is 0 Å². The molecule has 142 heavy (non-hydrogen) atoms. The molecule has 36 heteroatoms. The lowest BCUT2D eigenvalue weighted by molar-refractivity contribution is -0.187. The summed E-state index contributed by atoms with van der Waals surface area (Å²) in [5, 5.41) is 37.6. The van der Waals surface area contributed by atoms with Crippen LogP contribution in [0.5, 0.6) is 46.0 Å². The summed E-state index contributed by atoms with van der Waals surface area (Å²) >= 11 is 0. The number of likely N-dealkylation sites (tertiary alicyclic amines) is 2. The topological polar surface area (TPSA) is 353 Å². The third-order valence-corrected chi connectivity index (χ3v) is 25.8. The molecule has 20 rings (SSSR count). The maximum absolute atomic E-state index is 11.2. The van der Waals surface area contributed by atoms with E-state index < -0.39 is 6.10 Å². The molecule has 0 radical (unpaired) electrons. The zero-order valence-corrected chi connectivity index (χ0v) is 82.8. The largest absolute Gasteiger partial charge is 0.497 e. The van der Waals surface area contributed by atoms with Gasteiger partial charge in [-0.05, 0) is 107 Å². The highest BCUT2D eigenvalue weighted by atomic mass is 16.5. The lowest BCUT2D eigenvalue weighted by Gasteiger charge is -2.55. The van der Waals surface area contributed by atoms with Crippen molar-refractivity contribution in [1.29, 1.82) is 5.26 Å². The molecule has 1 spiro atoms. The molecule has 2 atom stereocenters. The number of hydrogen-bond acceptors (Lipinski definition) is 32. The molecule has 4 aliphatic heterocycles. The van der Waals surface area contributed by atoms with Gasteiger partial charge in [0.1, 0.15) is 46.0 Å². The molecule has 12 heterocycles. The number of nitrogens with two attached hydrogens (primary N) is 1. The molecule has 8 aromatic carbocycles. The van der Waals surface area contributed by atoms with E-state index in [1.165, 1.54) is 0 Å². The van der Waals surface area contributed by atoms with Crippen molar-refractivity contribution in [3.05, 3.63) is 220 Å². The first-order valence-corrected chi connectivity index (χ1v) is 47.4. The van der Waals surface area contributed by atoms with Crippen molar-refractivity contribution in [3.63, 3.8) is 0 Å². The molecule has 3 N–H and O–H groups in total. The monoisotopic (exact) mass is 1920 g/mol. The van der Waals surface area contributed by atoms with E-state index in [0.717, 1.165) is 249 Å². The predicted molar refractivity (Wildman–Crippen MR) is 551 cm³/mol. The van der Waals surface area contributed by atoms with Crippen LogP contribution in [-0.2, 0) is 25.9 Å². The maximum atomic E-state index is 11.2. The van der Waals surface area contributed by atoms with Gasteiger partial charge in [0.05, 0.1) is 211 Å². The molecular weight excluding hydrogens is 1800 g/mol. The quantitative estimate of drug-likeness (QED) is 0.0386. The van der Waals surface area contributed by atoms with Gasteiger partial charge < -0.3 is 82.9 Å². The van der Waals surface area contributed by atoms with Crippen molar-refractivity contribution in [3.8, 4) is 97.1 Å². The number of methoxy groups -OCH3 is 8. The van der Waals surface area contributed by atoms with Crippen LogP contribution in [0.4, 0.5) is 45.5 Å². The maximum Gasteiger partial charge on any atom is 0.124 e. The number of aliphatic hydroxyl groups excluding tert-OH is 1.